The summed E-state index contributed by atoms with van der Waals surface area (Å²) < 4.78 is 0. The molecule has 0 spiro atoms. The van der Waals surface area contributed by atoms with Crippen molar-refractivity contribution in [2.45, 2.75) is 6.92 Å². The Hall–Kier alpha value is -1.78. The van der Waals surface area contributed by atoms with Gasteiger partial charge in [0, 0.05) is 27.5 Å². The van der Waals surface area contributed by atoms with E-state index in [1.807, 2.05) is 0 Å². The van der Waals surface area contributed by atoms with Crippen LogP contribution in [0.1, 0.15) is 27.8 Å². The van der Waals surface area contributed by atoms with Gasteiger partial charge in [-0.2, -0.15) is 0 Å². The summed E-state index contributed by atoms with van der Waals surface area (Å²) in [6, 6.07) is 6.23. The quantitative estimate of drug-likeness (QED) is 0.847. The first-order valence-electron chi connectivity index (χ1n) is 5.42. The van der Waals surface area contributed by atoms with Crippen LogP contribution >= 0.6 is 23.2 Å². The third-order valence-electron chi connectivity index (χ3n) is 2.45. The summed E-state index contributed by atoms with van der Waals surface area (Å²) in [7, 11) is 0. The Morgan fingerprint density at radius 3 is 2.26 bits per heavy atom. The minimum atomic E-state index is -0.370. The fraction of sp³-hybridized carbons (Fsp3) is 0.0769. The molecular formula is C13H10Cl2N2O2. The van der Waals surface area contributed by atoms with E-state index < -0.39 is 0 Å². The van der Waals surface area contributed by atoms with E-state index in [4.69, 9.17) is 23.2 Å². The third kappa shape index (κ3) is 3.36. The molecule has 2 rings (SSSR count). The number of carbonyl (C=O) groups excluding carboxylic acids is 2. The topological polar surface area (TPSA) is 62.0 Å². The molecule has 1 aromatic carbocycles. The normalized spacial score (nSPS) is 10.3. The van der Waals surface area contributed by atoms with E-state index in [9.17, 15) is 9.59 Å². The molecule has 2 aromatic rings. The maximum Gasteiger partial charge on any atom is 0.272 e. The van der Waals surface area contributed by atoms with Gasteiger partial charge in [-0.25, -0.2) is 0 Å². The molecule has 4 nitrogen and oxygen atoms in total. The number of carbonyl (C=O) groups is 2. The first-order chi connectivity index (χ1) is 8.95. The van der Waals surface area contributed by atoms with Gasteiger partial charge in [0.15, 0.2) is 5.78 Å². The Morgan fingerprint density at radius 1 is 1.11 bits per heavy atom. The second kappa shape index (κ2) is 5.47. The fourth-order valence-electron chi connectivity index (χ4n) is 1.55. The standard InChI is InChI=1S/C13H10Cl2N2O2/c1-7(18)8-2-12(16-6-8)13(19)17-11-4-9(14)3-10(15)5-11/h2-6,16H,1H3,(H,17,19). The molecule has 2 N–H and O–H groups in total. The molecule has 98 valence electrons. The molecule has 0 atom stereocenters. The summed E-state index contributed by atoms with van der Waals surface area (Å²) in [4.78, 5) is 25.8. The molecule has 6 heteroatoms. The maximum atomic E-state index is 11.9. The molecule has 1 aromatic heterocycles. The molecule has 19 heavy (non-hydrogen) atoms. The minimum Gasteiger partial charge on any atom is -0.356 e. The van der Waals surface area contributed by atoms with Crippen molar-refractivity contribution in [3.8, 4) is 0 Å². The predicted octanol–water partition coefficient (Wildman–Crippen LogP) is 3.78. The van der Waals surface area contributed by atoms with E-state index >= 15 is 0 Å². The molecule has 0 radical (unpaired) electrons. The van der Waals surface area contributed by atoms with Crippen LogP contribution in [0.25, 0.3) is 0 Å². The predicted molar refractivity (Wildman–Crippen MR) is 75.2 cm³/mol. The molecule has 0 fully saturated rings. The van der Waals surface area contributed by atoms with Gasteiger partial charge in [-0.05, 0) is 31.2 Å². The highest BCUT2D eigenvalue weighted by atomic mass is 35.5. The average molecular weight is 297 g/mol. The number of Topliss-reactive ketones (excluding diaryl/α,β-unsaturated/α-hetero) is 1. The monoisotopic (exact) mass is 296 g/mol. The van der Waals surface area contributed by atoms with Crippen molar-refractivity contribution in [3.63, 3.8) is 0 Å². The van der Waals surface area contributed by atoms with Crippen molar-refractivity contribution in [2.24, 2.45) is 0 Å². The zero-order valence-corrected chi connectivity index (χ0v) is 11.5. The Kier molecular flexibility index (Phi) is 3.93. The number of H-pyrrole nitrogens is 1. The van der Waals surface area contributed by atoms with Gasteiger partial charge in [0.1, 0.15) is 5.69 Å². The molecule has 0 aliphatic heterocycles. The summed E-state index contributed by atoms with van der Waals surface area (Å²) in [5.74, 6) is -0.480. The molecule has 0 bridgehead atoms. The van der Waals surface area contributed by atoms with Crippen LogP contribution < -0.4 is 5.32 Å². The van der Waals surface area contributed by atoms with Gasteiger partial charge in [0.05, 0.1) is 0 Å². The third-order valence-corrected chi connectivity index (χ3v) is 2.89. The number of aromatic nitrogens is 1. The molecule has 0 unspecified atom stereocenters. The van der Waals surface area contributed by atoms with Gasteiger partial charge in [0.2, 0.25) is 0 Å². The zero-order chi connectivity index (χ0) is 14.0. The van der Waals surface area contributed by atoms with Gasteiger partial charge in [-0.15, -0.1) is 0 Å². The Labute approximate surface area is 119 Å². The van der Waals surface area contributed by atoms with Crippen molar-refractivity contribution in [1.29, 1.82) is 0 Å². The number of hydrogen-bond donors (Lipinski definition) is 2. The number of halogens is 2. The second-order valence-corrected chi connectivity index (χ2v) is 4.84. The minimum absolute atomic E-state index is 0.110. The summed E-state index contributed by atoms with van der Waals surface area (Å²) in [5, 5.41) is 3.50. The van der Waals surface area contributed by atoms with Crippen LogP contribution in [0.4, 0.5) is 5.69 Å². The maximum absolute atomic E-state index is 11.9. The number of nitrogens with one attached hydrogen (secondary N) is 2. The highest BCUT2D eigenvalue weighted by Crippen LogP contribution is 2.22. The van der Waals surface area contributed by atoms with E-state index in [1.54, 1.807) is 18.2 Å². The number of benzene rings is 1. The van der Waals surface area contributed by atoms with Crippen molar-refractivity contribution < 1.29 is 9.59 Å². The molecule has 1 heterocycles. The van der Waals surface area contributed by atoms with E-state index in [0.717, 1.165) is 0 Å². The summed E-state index contributed by atoms with van der Waals surface area (Å²) in [6.45, 7) is 1.43. The smallest absolute Gasteiger partial charge is 0.272 e. The molecule has 0 saturated heterocycles. The molecule has 0 aliphatic rings. The molecule has 1 amide bonds. The van der Waals surface area contributed by atoms with Crippen LogP contribution in [0.15, 0.2) is 30.5 Å². The van der Waals surface area contributed by atoms with Gasteiger partial charge >= 0.3 is 0 Å². The second-order valence-electron chi connectivity index (χ2n) is 3.97. The Morgan fingerprint density at radius 2 is 1.74 bits per heavy atom. The first kappa shape index (κ1) is 13.6. The Balaban J connectivity index is 2.18. The number of aromatic amines is 1. The first-order valence-corrected chi connectivity index (χ1v) is 6.18. The van der Waals surface area contributed by atoms with Crippen LogP contribution in [0.3, 0.4) is 0 Å². The SMILES string of the molecule is CC(=O)c1c[nH]c(C(=O)Nc2cc(Cl)cc(Cl)c2)c1. The van der Waals surface area contributed by atoms with Crippen LogP contribution in [-0.2, 0) is 0 Å². The Bertz CT molecular complexity index is 630. The van der Waals surface area contributed by atoms with Gasteiger partial charge in [-0.3, -0.25) is 9.59 Å². The lowest BCUT2D eigenvalue weighted by Gasteiger charge is -2.04. The lowest BCUT2D eigenvalue weighted by molar-refractivity contribution is 0.101. The van der Waals surface area contributed by atoms with E-state index in [1.165, 1.54) is 19.2 Å². The van der Waals surface area contributed by atoms with E-state index in [0.29, 0.717) is 27.0 Å². The van der Waals surface area contributed by atoms with Gasteiger partial charge in [0.25, 0.3) is 5.91 Å². The molecule has 0 saturated carbocycles. The van der Waals surface area contributed by atoms with Crippen molar-refractivity contribution in [3.05, 3.63) is 51.8 Å². The number of anilines is 1. The van der Waals surface area contributed by atoms with Crippen LogP contribution in [0.2, 0.25) is 10.0 Å². The number of hydrogen-bond acceptors (Lipinski definition) is 2. The number of ketones is 1. The molecular weight excluding hydrogens is 287 g/mol. The summed E-state index contributed by atoms with van der Waals surface area (Å²) >= 11 is 11.7. The van der Waals surface area contributed by atoms with E-state index in [2.05, 4.69) is 10.3 Å². The highest BCUT2D eigenvalue weighted by Gasteiger charge is 2.11. The van der Waals surface area contributed by atoms with Crippen LogP contribution in [0.5, 0.6) is 0 Å². The fourth-order valence-corrected chi connectivity index (χ4v) is 2.08. The summed E-state index contributed by atoms with van der Waals surface area (Å²) in [5.41, 5.74) is 1.23. The number of rotatable bonds is 3. The van der Waals surface area contributed by atoms with E-state index in [-0.39, 0.29) is 11.7 Å². The lowest BCUT2D eigenvalue weighted by Crippen LogP contribution is -2.12. The van der Waals surface area contributed by atoms with Gasteiger partial charge < -0.3 is 10.3 Å². The van der Waals surface area contributed by atoms with Crippen LogP contribution in [0, 0.1) is 0 Å². The highest BCUT2D eigenvalue weighted by molar-refractivity contribution is 6.35. The largest absolute Gasteiger partial charge is 0.356 e. The summed E-state index contributed by atoms with van der Waals surface area (Å²) in [6.07, 6.45) is 1.49. The zero-order valence-electron chi connectivity index (χ0n) is 9.96. The van der Waals surface area contributed by atoms with Crippen LogP contribution in [-0.4, -0.2) is 16.7 Å². The van der Waals surface area contributed by atoms with Crippen molar-refractivity contribution in [2.75, 3.05) is 5.32 Å². The molecule has 0 aliphatic carbocycles. The average Bonchev–Trinajstić information content (AvgIpc) is 2.76. The number of amides is 1. The van der Waals surface area contributed by atoms with Crippen molar-refractivity contribution >= 4 is 40.6 Å². The van der Waals surface area contributed by atoms with Crippen molar-refractivity contribution in [1.82, 2.24) is 4.98 Å². The lowest BCUT2D eigenvalue weighted by atomic mass is 10.2. The van der Waals surface area contributed by atoms with Gasteiger partial charge in [-0.1, -0.05) is 23.2 Å².